The summed E-state index contributed by atoms with van der Waals surface area (Å²) < 4.78 is 21.4. The van der Waals surface area contributed by atoms with Gasteiger partial charge in [0, 0.05) is 31.8 Å². The van der Waals surface area contributed by atoms with Gasteiger partial charge >= 0.3 is 23.9 Å². The molecule has 7 N–H and O–H groups in total. The number of aliphatic hydroxyl groups excluding tert-OH is 1. The van der Waals surface area contributed by atoms with Gasteiger partial charge in [0.2, 0.25) is 5.60 Å². The van der Waals surface area contributed by atoms with Crippen LogP contribution in [0.1, 0.15) is 42.4 Å². The number of hydrogen-bond acceptors (Lipinski definition) is 14. The van der Waals surface area contributed by atoms with Crippen LogP contribution in [0.5, 0.6) is 34.5 Å². The standard InChI is InChI=1S/C35H36O15/c1-47-28-16-21(4-10-24(28)38)6-11-30(42)48-29-18-35(34(45)46,50-32(44)13-7-20-3-9-23(37)26(40)15-20)17-27(41)33(29)49-31(43)12-5-19-2-8-22(36)25(39)14-19/h2-4,6,8-11,14-16,27,29,33,36-41H,5,7,12-13,17-18H2,1H3,(H,45,46)/t27-,29-,33+,35-/m1/s1. The molecule has 0 aromatic heterocycles. The third-order valence-corrected chi connectivity index (χ3v) is 7.98. The molecule has 0 radical (unpaired) electrons. The Morgan fingerprint density at radius 1 is 0.760 bits per heavy atom. The summed E-state index contributed by atoms with van der Waals surface area (Å²) in [7, 11) is 1.33. The lowest BCUT2D eigenvalue weighted by Gasteiger charge is -2.42. The van der Waals surface area contributed by atoms with E-state index in [9.17, 15) is 54.9 Å². The summed E-state index contributed by atoms with van der Waals surface area (Å²) >= 11 is 0. The third kappa shape index (κ3) is 9.35. The Morgan fingerprint density at radius 2 is 1.34 bits per heavy atom. The van der Waals surface area contributed by atoms with E-state index in [4.69, 9.17) is 18.9 Å². The van der Waals surface area contributed by atoms with Crippen molar-refractivity contribution in [2.24, 2.45) is 0 Å². The minimum absolute atomic E-state index is 0.00474. The molecule has 3 aromatic carbocycles. The molecule has 1 saturated carbocycles. The van der Waals surface area contributed by atoms with Crippen LogP contribution in [0.4, 0.5) is 0 Å². The van der Waals surface area contributed by atoms with Crippen molar-refractivity contribution in [1.82, 2.24) is 0 Å². The molecule has 0 aliphatic heterocycles. The Balaban J connectivity index is 1.52. The number of hydrogen-bond donors (Lipinski definition) is 7. The number of phenols is 5. The summed E-state index contributed by atoms with van der Waals surface area (Å²) in [5, 5.41) is 69.6. The Morgan fingerprint density at radius 3 is 1.90 bits per heavy atom. The van der Waals surface area contributed by atoms with Gasteiger partial charge < -0.3 is 54.7 Å². The van der Waals surface area contributed by atoms with Crippen molar-refractivity contribution in [3.8, 4) is 34.5 Å². The van der Waals surface area contributed by atoms with Gasteiger partial charge in [0.15, 0.2) is 40.6 Å². The number of aromatic hydroxyl groups is 5. The minimum atomic E-state index is -2.40. The first kappa shape index (κ1) is 36.9. The zero-order valence-corrected chi connectivity index (χ0v) is 26.7. The first-order valence-electron chi connectivity index (χ1n) is 15.3. The number of aryl methyl sites for hydroxylation is 2. The van der Waals surface area contributed by atoms with E-state index in [0.29, 0.717) is 16.7 Å². The highest BCUT2D eigenvalue weighted by atomic mass is 16.6. The maximum absolute atomic E-state index is 13.0. The van der Waals surface area contributed by atoms with Crippen molar-refractivity contribution in [2.75, 3.05) is 7.11 Å². The fourth-order valence-corrected chi connectivity index (χ4v) is 5.36. The van der Waals surface area contributed by atoms with Gasteiger partial charge in [0.05, 0.1) is 13.2 Å². The highest BCUT2D eigenvalue weighted by molar-refractivity contribution is 5.88. The maximum Gasteiger partial charge on any atom is 0.348 e. The van der Waals surface area contributed by atoms with Crippen molar-refractivity contribution in [1.29, 1.82) is 0 Å². The lowest BCUT2D eigenvalue weighted by Crippen LogP contribution is -2.60. The van der Waals surface area contributed by atoms with Gasteiger partial charge in [-0.2, -0.15) is 0 Å². The molecule has 0 heterocycles. The molecule has 0 unspecified atom stereocenters. The third-order valence-electron chi connectivity index (χ3n) is 7.98. The van der Waals surface area contributed by atoms with Gasteiger partial charge in [-0.3, -0.25) is 9.59 Å². The molecule has 4 atom stereocenters. The lowest BCUT2D eigenvalue weighted by molar-refractivity contribution is -0.216. The fraction of sp³-hybridized carbons (Fsp3) is 0.314. The van der Waals surface area contributed by atoms with Crippen LogP contribution in [0.3, 0.4) is 0 Å². The summed E-state index contributed by atoms with van der Waals surface area (Å²) in [5.74, 6) is -6.11. The quantitative estimate of drug-likeness (QED) is 0.0588. The van der Waals surface area contributed by atoms with Crippen LogP contribution in [0, 0.1) is 0 Å². The van der Waals surface area contributed by atoms with Crippen LogP contribution in [0.2, 0.25) is 0 Å². The van der Waals surface area contributed by atoms with Gasteiger partial charge in [0.1, 0.15) is 6.10 Å². The molecule has 50 heavy (non-hydrogen) atoms. The number of carboxylic acid groups (broad SMARTS) is 1. The Bertz CT molecular complexity index is 1770. The fourth-order valence-electron chi connectivity index (χ4n) is 5.36. The van der Waals surface area contributed by atoms with E-state index in [0.717, 1.165) is 6.08 Å². The highest BCUT2D eigenvalue weighted by Gasteiger charge is 2.56. The minimum Gasteiger partial charge on any atom is -0.504 e. The molecule has 3 aromatic rings. The second-order valence-electron chi connectivity index (χ2n) is 11.6. The topological polar surface area (TPSA) is 247 Å². The van der Waals surface area contributed by atoms with Crippen molar-refractivity contribution in [3.05, 3.63) is 77.4 Å². The molecule has 266 valence electrons. The second kappa shape index (κ2) is 16.0. The molecule has 0 spiro atoms. The number of aliphatic carboxylic acids is 1. The molecule has 0 amide bonds. The van der Waals surface area contributed by atoms with E-state index in [-0.39, 0.29) is 48.7 Å². The molecule has 1 fully saturated rings. The van der Waals surface area contributed by atoms with Crippen molar-refractivity contribution < 1.29 is 73.9 Å². The average Bonchev–Trinajstić information content (AvgIpc) is 3.07. The maximum atomic E-state index is 13.0. The molecule has 0 bridgehead atoms. The Labute approximate surface area is 285 Å². The first-order valence-corrected chi connectivity index (χ1v) is 15.3. The summed E-state index contributed by atoms with van der Waals surface area (Å²) in [4.78, 5) is 51.4. The van der Waals surface area contributed by atoms with Crippen LogP contribution < -0.4 is 4.74 Å². The van der Waals surface area contributed by atoms with E-state index in [1.807, 2.05) is 0 Å². The van der Waals surface area contributed by atoms with Crippen LogP contribution in [-0.4, -0.2) is 90.6 Å². The largest absolute Gasteiger partial charge is 0.504 e. The number of ether oxygens (including phenoxy) is 4. The molecule has 4 rings (SSSR count). The molecule has 0 saturated heterocycles. The zero-order chi connectivity index (χ0) is 36.6. The predicted molar refractivity (Wildman–Crippen MR) is 171 cm³/mol. The summed E-state index contributed by atoms with van der Waals surface area (Å²) in [6.45, 7) is 0. The number of rotatable bonds is 13. The Hall–Kier alpha value is -5.96. The molecule has 1 aliphatic rings. The monoisotopic (exact) mass is 696 g/mol. The van der Waals surface area contributed by atoms with Crippen LogP contribution in [-0.2, 0) is 46.2 Å². The summed E-state index contributed by atoms with van der Waals surface area (Å²) in [6, 6.07) is 12.1. The number of carbonyl (C=O) groups is 4. The highest BCUT2D eigenvalue weighted by Crippen LogP contribution is 2.37. The lowest BCUT2D eigenvalue weighted by atomic mass is 9.79. The Kier molecular flexibility index (Phi) is 11.8. The molecule has 1 aliphatic carbocycles. The van der Waals surface area contributed by atoms with Gasteiger partial charge in [-0.1, -0.05) is 18.2 Å². The van der Waals surface area contributed by atoms with Crippen LogP contribution in [0.15, 0.2) is 60.7 Å². The number of carboxylic acids is 1. The van der Waals surface area contributed by atoms with Crippen LogP contribution >= 0.6 is 0 Å². The molecular weight excluding hydrogens is 660 g/mol. The van der Waals surface area contributed by atoms with E-state index < -0.39 is 72.1 Å². The van der Waals surface area contributed by atoms with Gasteiger partial charge in [-0.05, 0) is 72.0 Å². The number of phenolic OH excluding ortho intramolecular Hbond substituents is 5. The number of aliphatic hydroxyl groups is 1. The summed E-state index contributed by atoms with van der Waals surface area (Å²) in [5.41, 5.74) is -1.08. The average molecular weight is 697 g/mol. The van der Waals surface area contributed by atoms with Crippen molar-refractivity contribution in [2.45, 2.75) is 62.4 Å². The predicted octanol–water partition coefficient (Wildman–Crippen LogP) is 2.85. The zero-order valence-electron chi connectivity index (χ0n) is 26.7. The van der Waals surface area contributed by atoms with Crippen molar-refractivity contribution in [3.63, 3.8) is 0 Å². The van der Waals surface area contributed by atoms with Crippen LogP contribution in [0.25, 0.3) is 6.08 Å². The second-order valence-corrected chi connectivity index (χ2v) is 11.6. The summed E-state index contributed by atoms with van der Waals surface area (Å²) in [6.07, 6.45) is -4.72. The SMILES string of the molecule is COc1cc(C=CC(=O)O[C@@H]2C[C@@](OC(=O)CCc3ccc(O)c(O)c3)(C(=O)O)C[C@@H](O)[C@@H]2OC(=O)CCc2ccc(O)c(O)c2)ccc1O. The number of carbonyl (C=O) groups excluding carboxylic acids is 3. The number of esters is 3. The normalized spacial score (nSPS) is 20.2. The van der Waals surface area contributed by atoms with Gasteiger partial charge in [-0.25, -0.2) is 9.59 Å². The van der Waals surface area contributed by atoms with Crippen molar-refractivity contribution >= 4 is 30.0 Å². The van der Waals surface area contributed by atoms with Gasteiger partial charge in [-0.15, -0.1) is 0 Å². The van der Waals surface area contributed by atoms with E-state index in [2.05, 4.69) is 0 Å². The first-order chi connectivity index (χ1) is 23.7. The van der Waals surface area contributed by atoms with E-state index >= 15 is 0 Å². The smallest absolute Gasteiger partial charge is 0.348 e. The molecule has 15 nitrogen and oxygen atoms in total. The molecule has 15 heteroatoms. The van der Waals surface area contributed by atoms with E-state index in [1.54, 1.807) is 0 Å². The van der Waals surface area contributed by atoms with Gasteiger partial charge in [0.25, 0.3) is 0 Å². The number of methoxy groups -OCH3 is 1. The number of benzene rings is 3. The molecular formula is C35H36O15. The van der Waals surface area contributed by atoms with E-state index in [1.165, 1.54) is 67.8 Å².